The summed E-state index contributed by atoms with van der Waals surface area (Å²) in [6.45, 7) is 6.96. The van der Waals surface area contributed by atoms with Gasteiger partial charge >= 0.3 is 0 Å². The Kier molecular flexibility index (Phi) is 4.15. The maximum atomic E-state index is 5.29. The Morgan fingerprint density at radius 2 is 2.33 bits per heavy atom. The standard InChI is InChI=1S/C17H25N3O/c1-4-16(20-9-5-6-12(2)11-20)17-18-14-8-7-13(21-3)10-15(14)19-17/h7-8,10,12,16H,4-6,9,11H2,1-3H3,(H,18,19). The van der Waals surface area contributed by atoms with Crippen molar-refractivity contribution in [3.8, 4) is 5.75 Å². The number of aromatic nitrogens is 2. The average Bonchev–Trinajstić information content (AvgIpc) is 2.90. The largest absolute Gasteiger partial charge is 0.497 e. The third-order valence-corrected chi connectivity index (χ3v) is 4.54. The number of ether oxygens (including phenoxy) is 1. The molecule has 0 radical (unpaired) electrons. The lowest BCUT2D eigenvalue weighted by atomic mass is 9.98. The first kappa shape index (κ1) is 14.4. The van der Waals surface area contributed by atoms with Gasteiger partial charge in [0.2, 0.25) is 0 Å². The van der Waals surface area contributed by atoms with E-state index < -0.39 is 0 Å². The minimum atomic E-state index is 0.395. The van der Waals surface area contributed by atoms with E-state index in [9.17, 15) is 0 Å². The summed E-state index contributed by atoms with van der Waals surface area (Å²) in [6, 6.07) is 6.42. The minimum Gasteiger partial charge on any atom is -0.497 e. The first-order chi connectivity index (χ1) is 10.2. The Bertz CT molecular complexity index is 607. The van der Waals surface area contributed by atoms with Crippen LogP contribution in [0, 0.1) is 5.92 Å². The van der Waals surface area contributed by atoms with Gasteiger partial charge in [0, 0.05) is 12.6 Å². The van der Waals surface area contributed by atoms with Gasteiger partial charge in [-0.3, -0.25) is 4.90 Å². The molecule has 2 atom stereocenters. The van der Waals surface area contributed by atoms with E-state index in [1.165, 1.54) is 25.9 Å². The number of likely N-dealkylation sites (tertiary alicyclic amines) is 1. The van der Waals surface area contributed by atoms with E-state index >= 15 is 0 Å². The normalized spacial score (nSPS) is 21.6. The average molecular weight is 287 g/mol. The van der Waals surface area contributed by atoms with Crippen molar-refractivity contribution in [3.63, 3.8) is 0 Å². The van der Waals surface area contributed by atoms with Crippen molar-refractivity contribution >= 4 is 11.0 Å². The van der Waals surface area contributed by atoms with Crippen LogP contribution < -0.4 is 4.74 Å². The zero-order valence-electron chi connectivity index (χ0n) is 13.2. The number of imidazole rings is 1. The lowest BCUT2D eigenvalue weighted by Crippen LogP contribution is -2.37. The molecule has 1 aliphatic rings. The number of benzene rings is 1. The molecule has 1 aliphatic heterocycles. The van der Waals surface area contributed by atoms with E-state index in [2.05, 4.69) is 23.7 Å². The highest BCUT2D eigenvalue weighted by molar-refractivity contribution is 5.76. The Balaban J connectivity index is 1.89. The number of rotatable bonds is 4. The monoisotopic (exact) mass is 287 g/mol. The second-order valence-corrected chi connectivity index (χ2v) is 6.17. The van der Waals surface area contributed by atoms with Crippen LogP contribution in [-0.2, 0) is 0 Å². The fraction of sp³-hybridized carbons (Fsp3) is 0.588. The molecule has 2 unspecified atom stereocenters. The molecule has 1 aromatic heterocycles. The highest BCUT2D eigenvalue weighted by atomic mass is 16.5. The van der Waals surface area contributed by atoms with Gasteiger partial charge in [0.25, 0.3) is 0 Å². The summed E-state index contributed by atoms with van der Waals surface area (Å²) in [6.07, 6.45) is 3.74. The number of nitrogens with one attached hydrogen (secondary N) is 1. The van der Waals surface area contributed by atoms with Crippen LogP contribution in [0.2, 0.25) is 0 Å². The number of piperidine rings is 1. The van der Waals surface area contributed by atoms with Crippen LogP contribution >= 0.6 is 0 Å². The molecule has 0 spiro atoms. The predicted octanol–water partition coefficient (Wildman–Crippen LogP) is 3.75. The molecule has 21 heavy (non-hydrogen) atoms. The molecule has 0 saturated carbocycles. The third-order valence-electron chi connectivity index (χ3n) is 4.54. The molecule has 1 saturated heterocycles. The van der Waals surface area contributed by atoms with Crippen LogP contribution in [0.1, 0.15) is 45.0 Å². The molecule has 1 aromatic carbocycles. The molecule has 0 aliphatic carbocycles. The summed E-state index contributed by atoms with van der Waals surface area (Å²) in [5, 5.41) is 0. The van der Waals surface area contributed by atoms with Crippen molar-refractivity contribution in [3.05, 3.63) is 24.0 Å². The molecule has 0 amide bonds. The van der Waals surface area contributed by atoms with E-state index in [-0.39, 0.29) is 0 Å². The summed E-state index contributed by atoms with van der Waals surface area (Å²) >= 11 is 0. The molecular weight excluding hydrogens is 262 g/mol. The fourth-order valence-electron chi connectivity index (χ4n) is 3.43. The van der Waals surface area contributed by atoms with E-state index in [1.54, 1.807) is 7.11 Å². The zero-order valence-corrected chi connectivity index (χ0v) is 13.2. The van der Waals surface area contributed by atoms with Gasteiger partial charge in [-0.05, 0) is 43.9 Å². The second kappa shape index (κ2) is 6.06. The van der Waals surface area contributed by atoms with Gasteiger partial charge in [0.05, 0.1) is 24.2 Å². The van der Waals surface area contributed by atoms with Crippen molar-refractivity contribution in [2.75, 3.05) is 20.2 Å². The smallest absolute Gasteiger partial charge is 0.124 e. The van der Waals surface area contributed by atoms with Crippen molar-refractivity contribution in [2.24, 2.45) is 5.92 Å². The van der Waals surface area contributed by atoms with Crippen LogP contribution in [0.4, 0.5) is 0 Å². The fourth-order valence-corrected chi connectivity index (χ4v) is 3.43. The van der Waals surface area contributed by atoms with Gasteiger partial charge in [0.15, 0.2) is 0 Å². The highest BCUT2D eigenvalue weighted by Crippen LogP contribution is 2.29. The lowest BCUT2D eigenvalue weighted by molar-refractivity contribution is 0.122. The SMILES string of the molecule is CCC(c1nc2ccc(OC)cc2[nH]1)N1CCCC(C)C1. The van der Waals surface area contributed by atoms with Gasteiger partial charge in [0.1, 0.15) is 11.6 Å². The van der Waals surface area contributed by atoms with Gasteiger partial charge in [-0.1, -0.05) is 13.8 Å². The summed E-state index contributed by atoms with van der Waals surface area (Å²) in [4.78, 5) is 10.9. The number of nitrogens with zero attached hydrogens (tertiary/aromatic N) is 2. The van der Waals surface area contributed by atoms with Crippen LogP contribution in [0.25, 0.3) is 11.0 Å². The summed E-state index contributed by atoms with van der Waals surface area (Å²) < 4.78 is 5.29. The molecule has 4 heteroatoms. The minimum absolute atomic E-state index is 0.395. The molecule has 3 rings (SSSR count). The molecular formula is C17H25N3O. The number of methoxy groups -OCH3 is 1. The van der Waals surface area contributed by atoms with Gasteiger partial charge in [-0.15, -0.1) is 0 Å². The van der Waals surface area contributed by atoms with E-state index in [1.807, 2.05) is 18.2 Å². The third kappa shape index (κ3) is 2.91. The first-order valence-corrected chi connectivity index (χ1v) is 7.99. The van der Waals surface area contributed by atoms with Crippen LogP contribution in [0.5, 0.6) is 5.75 Å². The number of hydrogen-bond donors (Lipinski definition) is 1. The Morgan fingerprint density at radius 3 is 3.05 bits per heavy atom. The molecule has 2 aromatic rings. The zero-order chi connectivity index (χ0) is 14.8. The first-order valence-electron chi connectivity index (χ1n) is 7.99. The Labute approximate surface area is 126 Å². The summed E-state index contributed by atoms with van der Waals surface area (Å²) in [5.41, 5.74) is 2.09. The van der Waals surface area contributed by atoms with Crippen LogP contribution in [-0.4, -0.2) is 35.1 Å². The van der Waals surface area contributed by atoms with Crippen LogP contribution in [0.3, 0.4) is 0 Å². The van der Waals surface area contributed by atoms with E-state index in [4.69, 9.17) is 9.72 Å². The topological polar surface area (TPSA) is 41.1 Å². The quantitative estimate of drug-likeness (QED) is 0.931. The molecule has 4 nitrogen and oxygen atoms in total. The number of hydrogen-bond acceptors (Lipinski definition) is 3. The lowest BCUT2D eigenvalue weighted by Gasteiger charge is -2.35. The van der Waals surface area contributed by atoms with Crippen molar-refractivity contribution < 1.29 is 4.74 Å². The molecule has 0 bridgehead atoms. The number of H-pyrrole nitrogens is 1. The molecule has 114 valence electrons. The van der Waals surface area contributed by atoms with E-state index in [0.717, 1.165) is 34.9 Å². The van der Waals surface area contributed by atoms with Crippen molar-refractivity contribution in [1.29, 1.82) is 0 Å². The van der Waals surface area contributed by atoms with Crippen LogP contribution in [0.15, 0.2) is 18.2 Å². The molecule has 1 fully saturated rings. The van der Waals surface area contributed by atoms with Gasteiger partial charge in [-0.25, -0.2) is 4.98 Å². The molecule has 2 heterocycles. The Hall–Kier alpha value is -1.55. The maximum absolute atomic E-state index is 5.29. The second-order valence-electron chi connectivity index (χ2n) is 6.17. The van der Waals surface area contributed by atoms with E-state index in [0.29, 0.717) is 6.04 Å². The predicted molar refractivity (Wildman–Crippen MR) is 85.6 cm³/mol. The van der Waals surface area contributed by atoms with Gasteiger partial charge in [-0.2, -0.15) is 0 Å². The molecule has 1 N–H and O–H groups in total. The Morgan fingerprint density at radius 1 is 1.48 bits per heavy atom. The van der Waals surface area contributed by atoms with Gasteiger partial charge < -0.3 is 9.72 Å². The summed E-state index contributed by atoms with van der Waals surface area (Å²) in [7, 11) is 1.70. The van der Waals surface area contributed by atoms with Crippen molar-refractivity contribution in [1.82, 2.24) is 14.9 Å². The highest BCUT2D eigenvalue weighted by Gasteiger charge is 2.26. The summed E-state index contributed by atoms with van der Waals surface area (Å²) in [5.74, 6) is 2.75. The maximum Gasteiger partial charge on any atom is 0.124 e. The van der Waals surface area contributed by atoms with Crippen molar-refractivity contribution in [2.45, 2.75) is 39.2 Å². The number of aromatic amines is 1. The number of fused-ring (bicyclic) bond motifs is 1.